The van der Waals surface area contributed by atoms with Crippen LogP contribution in [0, 0.1) is 6.92 Å². The number of hydrogen-bond donors (Lipinski definition) is 2. The molecular formula is C17H13N3O. The van der Waals surface area contributed by atoms with Crippen LogP contribution in [0.3, 0.4) is 0 Å². The fraction of sp³-hybridized carbons (Fsp3) is 0.0588. The lowest BCUT2D eigenvalue weighted by atomic mass is 10.0. The van der Waals surface area contributed by atoms with Crippen LogP contribution in [-0.4, -0.2) is 15.9 Å². The van der Waals surface area contributed by atoms with E-state index in [0.717, 1.165) is 27.7 Å². The number of pyridine rings is 1. The molecule has 1 aromatic carbocycles. The Hall–Kier alpha value is -2.88. The van der Waals surface area contributed by atoms with Crippen LogP contribution in [0.4, 0.5) is 5.82 Å². The molecule has 3 heterocycles. The van der Waals surface area contributed by atoms with Gasteiger partial charge in [0.1, 0.15) is 5.82 Å². The summed E-state index contributed by atoms with van der Waals surface area (Å²) in [7, 11) is 0. The molecular weight excluding hydrogens is 262 g/mol. The van der Waals surface area contributed by atoms with E-state index >= 15 is 0 Å². The molecule has 3 aromatic rings. The van der Waals surface area contributed by atoms with Crippen molar-refractivity contribution in [1.82, 2.24) is 9.97 Å². The number of carbonyl (C=O) groups is 1. The molecule has 0 atom stereocenters. The van der Waals surface area contributed by atoms with Crippen molar-refractivity contribution in [3.05, 3.63) is 59.4 Å². The van der Waals surface area contributed by atoms with Gasteiger partial charge in [0.15, 0.2) is 0 Å². The maximum absolute atomic E-state index is 12.2. The lowest BCUT2D eigenvalue weighted by Gasteiger charge is -1.98. The van der Waals surface area contributed by atoms with Crippen molar-refractivity contribution in [2.24, 2.45) is 0 Å². The maximum Gasteiger partial charge on any atom is 0.257 e. The molecule has 21 heavy (non-hydrogen) atoms. The minimum atomic E-state index is -0.103. The number of anilines is 1. The summed E-state index contributed by atoms with van der Waals surface area (Å²) in [6, 6.07) is 11.8. The number of amides is 1. The monoisotopic (exact) mass is 275 g/mol. The number of fused-ring (bicyclic) bond motifs is 2. The van der Waals surface area contributed by atoms with Crippen molar-refractivity contribution in [3.8, 4) is 0 Å². The molecule has 0 fully saturated rings. The van der Waals surface area contributed by atoms with Gasteiger partial charge in [0.25, 0.3) is 5.91 Å². The summed E-state index contributed by atoms with van der Waals surface area (Å²) in [6.07, 6.45) is 3.62. The van der Waals surface area contributed by atoms with Gasteiger partial charge < -0.3 is 10.3 Å². The lowest BCUT2D eigenvalue weighted by Crippen LogP contribution is -2.04. The average molecular weight is 275 g/mol. The summed E-state index contributed by atoms with van der Waals surface area (Å²) in [5.41, 5.74) is 4.69. The molecule has 0 radical (unpaired) electrons. The molecule has 1 aliphatic rings. The fourth-order valence-electron chi connectivity index (χ4n) is 2.79. The molecule has 0 saturated carbocycles. The van der Waals surface area contributed by atoms with E-state index in [0.29, 0.717) is 11.4 Å². The van der Waals surface area contributed by atoms with Gasteiger partial charge in [-0.15, -0.1) is 0 Å². The van der Waals surface area contributed by atoms with E-state index in [1.54, 1.807) is 6.20 Å². The Labute approximate surface area is 121 Å². The van der Waals surface area contributed by atoms with Gasteiger partial charge in [-0.3, -0.25) is 4.79 Å². The van der Waals surface area contributed by atoms with Gasteiger partial charge in [0.05, 0.1) is 5.57 Å². The Kier molecular flexibility index (Phi) is 2.44. The molecule has 0 saturated heterocycles. The van der Waals surface area contributed by atoms with E-state index in [1.807, 2.05) is 43.3 Å². The first kappa shape index (κ1) is 11.9. The molecule has 0 bridgehead atoms. The first-order valence-corrected chi connectivity index (χ1v) is 6.80. The molecule has 0 aliphatic carbocycles. The van der Waals surface area contributed by atoms with Gasteiger partial charge in [0.2, 0.25) is 0 Å². The number of aromatic nitrogens is 2. The highest BCUT2D eigenvalue weighted by Gasteiger charge is 2.25. The average Bonchev–Trinajstić information content (AvgIpc) is 2.97. The van der Waals surface area contributed by atoms with Crippen molar-refractivity contribution < 1.29 is 4.79 Å². The van der Waals surface area contributed by atoms with Crippen LogP contribution in [0.1, 0.15) is 16.8 Å². The van der Waals surface area contributed by atoms with E-state index in [9.17, 15) is 4.79 Å². The number of aryl methyl sites for hydroxylation is 1. The SMILES string of the molecule is Cc1[nH]c2ccccc2c1/C=C1/C(=O)Nc2ncccc21. The number of aromatic amines is 1. The van der Waals surface area contributed by atoms with Crippen molar-refractivity contribution in [1.29, 1.82) is 0 Å². The lowest BCUT2D eigenvalue weighted by molar-refractivity contribution is -0.110. The van der Waals surface area contributed by atoms with Crippen molar-refractivity contribution in [3.63, 3.8) is 0 Å². The van der Waals surface area contributed by atoms with Crippen LogP contribution in [0.2, 0.25) is 0 Å². The zero-order valence-corrected chi connectivity index (χ0v) is 11.5. The van der Waals surface area contributed by atoms with Crippen LogP contribution >= 0.6 is 0 Å². The topological polar surface area (TPSA) is 57.8 Å². The third-order valence-corrected chi connectivity index (χ3v) is 3.81. The zero-order chi connectivity index (χ0) is 14.4. The number of H-pyrrole nitrogens is 1. The van der Waals surface area contributed by atoms with E-state index in [-0.39, 0.29) is 5.91 Å². The highest BCUT2D eigenvalue weighted by Crippen LogP contribution is 2.33. The van der Waals surface area contributed by atoms with Crippen molar-refractivity contribution >= 4 is 34.3 Å². The predicted octanol–water partition coefficient (Wildman–Crippen LogP) is 3.36. The summed E-state index contributed by atoms with van der Waals surface area (Å²) in [5, 5.41) is 3.92. The molecule has 2 N–H and O–H groups in total. The molecule has 102 valence electrons. The van der Waals surface area contributed by atoms with Crippen LogP contribution in [0.15, 0.2) is 42.6 Å². The second-order valence-electron chi connectivity index (χ2n) is 5.12. The molecule has 4 heteroatoms. The van der Waals surface area contributed by atoms with Gasteiger partial charge in [-0.25, -0.2) is 4.98 Å². The molecule has 1 aliphatic heterocycles. The number of nitrogens with one attached hydrogen (secondary N) is 2. The first-order chi connectivity index (χ1) is 10.2. The van der Waals surface area contributed by atoms with E-state index < -0.39 is 0 Å². The summed E-state index contributed by atoms with van der Waals surface area (Å²) in [4.78, 5) is 19.7. The molecule has 4 nitrogen and oxygen atoms in total. The highest BCUT2D eigenvalue weighted by molar-refractivity contribution is 6.34. The number of rotatable bonds is 1. The van der Waals surface area contributed by atoms with Crippen molar-refractivity contribution in [2.75, 3.05) is 5.32 Å². The van der Waals surface area contributed by atoms with Gasteiger partial charge in [-0.2, -0.15) is 0 Å². The van der Waals surface area contributed by atoms with E-state index in [4.69, 9.17) is 0 Å². The number of hydrogen-bond acceptors (Lipinski definition) is 2. The summed E-state index contributed by atoms with van der Waals surface area (Å²) in [5.74, 6) is 0.527. The van der Waals surface area contributed by atoms with E-state index in [1.165, 1.54) is 0 Å². The minimum absolute atomic E-state index is 0.103. The van der Waals surface area contributed by atoms with Gasteiger partial charge in [0, 0.05) is 33.9 Å². The Morgan fingerprint density at radius 1 is 1.14 bits per heavy atom. The number of nitrogens with zero attached hydrogens (tertiary/aromatic N) is 1. The second kappa shape index (κ2) is 4.31. The van der Waals surface area contributed by atoms with E-state index in [2.05, 4.69) is 21.4 Å². The standard InChI is InChI=1S/C17H13N3O/c1-10-13(11-5-2-3-7-15(11)19-10)9-14-12-6-4-8-18-16(12)20-17(14)21/h2-9,19H,1H3,(H,18,20,21)/b14-9+. The Balaban J connectivity index is 1.95. The largest absolute Gasteiger partial charge is 0.358 e. The third-order valence-electron chi connectivity index (χ3n) is 3.81. The van der Waals surface area contributed by atoms with Gasteiger partial charge in [-0.05, 0) is 31.2 Å². The second-order valence-corrected chi connectivity index (χ2v) is 5.12. The third kappa shape index (κ3) is 1.76. The highest BCUT2D eigenvalue weighted by atomic mass is 16.2. The Morgan fingerprint density at radius 3 is 2.90 bits per heavy atom. The van der Waals surface area contributed by atoms with Crippen molar-refractivity contribution in [2.45, 2.75) is 6.92 Å². The quantitative estimate of drug-likeness (QED) is 0.669. The smallest absolute Gasteiger partial charge is 0.257 e. The number of para-hydroxylation sites is 1. The van der Waals surface area contributed by atoms with Crippen LogP contribution in [-0.2, 0) is 4.79 Å². The number of carbonyl (C=O) groups excluding carboxylic acids is 1. The molecule has 1 amide bonds. The fourth-order valence-corrected chi connectivity index (χ4v) is 2.79. The normalized spacial score (nSPS) is 15.5. The Morgan fingerprint density at radius 2 is 2.00 bits per heavy atom. The zero-order valence-electron chi connectivity index (χ0n) is 11.5. The summed E-state index contributed by atoms with van der Waals surface area (Å²) >= 11 is 0. The first-order valence-electron chi connectivity index (χ1n) is 6.80. The van der Waals surface area contributed by atoms with Crippen LogP contribution in [0.5, 0.6) is 0 Å². The molecule has 0 spiro atoms. The number of benzene rings is 1. The minimum Gasteiger partial charge on any atom is -0.358 e. The Bertz CT molecular complexity index is 905. The molecule has 0 unspecified atom stereocenters. The van der Waals surface area contributed by atoms with Crippen LogP contribution in [0.25, 0.3) is 22.6 Å². The maximum atomic E-state index is 12.2. The molecule has 4 rings (SSSR count). The van der Waals surface area contributed by atoms with Gasteiger partial charge >= 0.3 is 0 Å². The van der Waals surface area contributed by atoms with Crippen LogP contribution < -0.4 is 5.32 Å². The van der Waals surface area contributed by atoms with Gasteiger partial charge in [-0.1, -0.05) is 18.2 Å². The molecule has 2 aromatic heterocycles. The summed E-state index contributed by atoms with van der Waals surface area (Å²) in [6.45, 7) is 2.02. The predicted molar refractivity (Wildman–Crippen MR) is 83.8 cm³/mol. The summed E-state index contributed by atoms with van der Waals surface area (Å²) < 4.78 is 0.